The molecular weight excluding hydrogens is 468 g/mol. The van der Waals surface area contributed by atoms with Gasteiger partial charge in [-0.25, -0.2) is 4.79 Å². The van der Waals surface area contributed by atoms with Crippen molar-refractivity contribution >= 4 is 11.9 Å². The summed E-state index contributed by atoms with van der Waals surface area (Å²) in [6, 6.07) is 5.84. The Bertz CT molecular complexity index is 1010. The van der Waals surface area contributed by atoms with Gasteiger partial charge in [0.05, 0.1) is 7.11 Å². The van der Waals surface area contributed by atoms with E-state index in [1.807, 2.05) is 12.1 Å². The van der Waals surface area contributed by atoms with E-state index in [1.165, 1.54) is 18.1 Å². The third-order valence-electron chi connectivity index (χ3n) is 9.17. The molecule has 1 saturated heterocycles. The molecule has 9 nitrogen and oxygen atoms in total. The Morgan fingerprint density at radius 2 is 1.83 bits per heavy atom. The van der Waals surface area contributed by atoms with Gasteiger partial charge in [0, 0.05) is 12.3 Å². The van der Waals surface area contributed by atoms with Crippen LogP contribution >= 0.6 is 0 Å². The fourth-order valence-electron chi connectivity index (χ4n) is 7.37. The van der Waals surface area contributed by atoms with E-state index < -0.39 is 36.7 Å². The quantitative estimate of drug-likeness (QED) is 0.526. The lowest BCUT2D eigenvalue weighted by molar-refractivity contribution is -0.271. The minimum absolute atomic E-state index is 0.00253. The molecule has 3 fully saturated rings. The van der Waals surface area contributed by atoms with Crippen molar-refractivity contribution in [2.75, 3.05) is 7.11 Å². The molecule has 1 aromatic carbocycles. The summed E-state index contributed by atoms with van der Waals surface area (Å²) < 4.78 is 21.7. The molecule has 1 aromatic rings. The van der Waals surface area contributed by atoms with Crippen molar-refractivity contribution in [3.05, 3.63) is 29.3 Å². The zero-order chi connectivity index (χ0) is 25.8. The second-order valence-corrected chi connectivity index (χ2v) is 11.0. The molecule has 198 valence electrons. The van der Waals surface area contributed by atoms with Gasteiger partial charge in [-0.3, -0.25) is 4.79 Å². The van der Waals surface area contributed by atoms with Crippen LogP contribution in [0, 0.1) is 17.3 Å². The summed E-state index contributed by atoms with van der Waals surface area (Å²) >= 11 is 0. The number of fused-ring (bicyclic) bond motifs is 5. The third kappa shape index (κ3) is 4.20. The van der Waals surface area contributed by atoms with Crippen molar-refractivity contribution in [2.45, 2.75) is 95.1 Å². The number of aliphatic hydroxyl groups is 3. The van der Waals surface area contributed by atoms with E-state index in [0.29, 0.717) is 23.5 Å². The van der Waals surface area contributed by atoms with Gasteiger partial charge in [0.15, 0.2) is 6.10 Å². The molecule has 0 aromatic heterocycles. The molecule has 3 aliphatic carbocycles. The Morgan fingerprint density at radius 3 is 2.56 bits per heavy atom. The van der Waals surface area contributed by atoms with Gasteiger partial charge in [0.1, 0.15) is 30.2 Å². The van der Waals surface area contributed by atoms with Crippen LogP contribution in [-0.2, 0) is 30.2 Å². The molecule has 9 heteroatoms. The maximum Gasteiger partial charge on any atom is 0.337 e. The predicted molar refractivity (Wildman–Crippen MR) is 126 cm³/mol. The maximum absolute atomic E-state index is 11.9. The van der Waals surface area contributed by atoms with Gasteiger partial charge < -0.3 is 34.3 Å². The number of carbonyl (C=O) groups is 2. The summed E-state index contributed by atoms with van der Waals surface area (Å²) in [5.41, 5.74) is 2.52. The first-order valence-electron chi connectivity index (χ1n) is 12.9. The number of carbonyl (C=O) groups excluding carboxylic acids is 2. The standard InChI is InChI=1S/C27H36O9/c1-13(28)34-20-9-8-19-18-6-4-14-12-15(5-7-16(14)17(18)10-11-27(19,20)2)35-26-23(31)21(29)22(30)24(36-26)25(32)33-3/h5,7,12,17-24,26,29-31H,4,6,8-11H2,1-3H3/t17-,18-,19+,20+,21+,22+,23-,24+,26-,27+/m1/s1. The molecule has 0 unspecified atom stereocenters. The molecule has 0 amide bonds. The van der Waals surface area contributed by atoms with Crippen molar-refractivity contribution in [3.63, 3.8) is 0 Å². The molecule has 10 atom stereocenters. The molecule has 2 saturated carbocycles. The molecule has 0 bridgehead atoms. The van der Waals surface area contributed by atoms with Gasteiger partial charge in [-0.15, -0.1) is 0 Å². The minimum atomic E-state index is -1.62. The maximum atomic E-state index is 11.9. The van der Waals surface area contributed by atoms with E-state index in [9.17, 15) is 24.9 Å². The van der Waals surface area contributed by atoms with Crippen molar-refractivity contribution in [1.82, 2.24) is 0 Å². The number of aliphatic hydroxyl groups excluding tert-OH is 3. The summed E-state index contributed by atoms with van der Waals surface area (Å²) in [5, 5.41) is 30.7. The lowest BCUT2D eigenvalue weighted by atomic mass is 9.55. The summed E-state index contributed by atoms with van der Waals surface area (Å²) in [4.78, 5) is 23.6. The fraction of sp³-hybridized carbons (Fsp3) is 0.704. The van der Waals surface area contributed by atoms with Gasteiger partial charge in [-0.1, -0.05) is 13.0 Å². The predicted octanol–water partition coefficient (Wildman–Crippen LogP) is 1.83. The van der Waals surface area contributed by atoms with E-state index in [2.05, 4.69) is 17.7 Å². The van der Waals surface area contributed by atoms with Crippen molar-refractivity contribution in [2.24, 2.45) is 17.3 Å². The van der Waals surface area contributed by atoms with Crippen molar-refractivity contribution in [3.8, 4) is 5.75 Å². The van der Waals surface area contributed by atoms with Crippen LogP contribution < -0.4 is 4.74 Å². The van der Waals surface area contributed by atoms with Gasteiger partial charge in [-0.2, -0.15) is 0 Å². The number of aryl methyl sites for hydroxylation is 1. The van der Waals surface area contributed by atoms with Gasteiger partial charge in [0.25, 0.3) is 0 Å². The van der Waals surface area contributed by atoms with Crippen LogP contribution in [0.25, 0.3) is 0 Å². The third-order valence-corrected chi connectivity index (χ3v) is 9.17. The van der Waals surface area contributed by atoms with Crippen LogP contribution in [0.3, 0.4) is 0 Å². The highest BCUT2D eigenvalue weighted by Gasteiger charge is 2.56. The first kappa shape index (κ1) is 25.4. The van der Waals surface area contributed by atoms with E-state index >= 15 is 0 Å². The molecule has 5 rings (SSSR count). The van der Waals surface area contributed by atoms with Crippen LogP contribution in [0.1, 0.15) is 63.0 Å². The molecule has 1 aliphatic heterocycles. The zero-order valence-electron chi connectivity index (χ0n) is 21.0. The Morgan fingerprint density at radius 1 is 1.06 bits per heavy atom. The van der Waals surface area contributed by atoms with Gasteiger partial charge in [-0.05, 0) is 79.5 Å². The van der Waals surface area contributed by atoms with E-state index in [0.717, 1.165) is 45.6 Å². The van der Waals surface area contributed by atoms with Crippen LogP contribution in [0.2, 0.25) is 0 Å². The van der Waals surface area contributed by atoms with E-state index in [4.69, 9.17) is 14.2 Å². The average Bonchev–Trinajstić information content (AvgIpc) is 3.19. The molecule has 36 heavy (non-hydrogen) atoms. The number of ether oxygens (including phenoxy) is 4. The average molecular weight is 505 g/mol. The van der Waals surface area contributed by atoms with Crippen LogP contribution in [0.5, 0.6) is 5.75 Å². The van der Waals surface area contributed by atoms with E-state index in [-0.39, 0.29) is 17.5 Å². The van der Waals surface area contributed by atoms with Crippen LogP contribution in [0.4, 0.5) is 0 Å². The highest BCUT2D eigenvalue weighted by Crippen LogP contribution is 2.61. The van der Waals surface area contributed by atoms with Crippen molar-refractivity contribution in [1.29, 1.82) is 0 Å². The molecule has 4 aliphatic rings. The highest BCUT2D eigenvalue weighted by atomic mass is 16.7. The van der Waals surface area contributed by atoms with Crippen LogP contribution in [0.15, 0.2) is 18.2 Å². The largest absolute Gasteiger partial charge is 0.467 e. The van der Waals surface area contributed by atoms with Gasteiger partial charge >= 0.3 is 11.9 Å². The highest BCUT2D eigenvalue weighted by molar-refractivity contribution is 5.75. The second-order valence-electron chi connectivity index (χ2n) is 11.0. The monoisotopic (exact) mass is 504 g/mol. The van der Waals surface area contributed by atoms with Crippen molar-refractivity contribution < 1.29 is 43.9 Å². The number of hydrogen-bond acceptors (Lipinski definition) is 9. The number of benzene rings is 1. The van der Waals surface area contributed by atoms with E-state index in [1.54, 1.807) is 0 Å². The van der Waals surface area contributed by atoms with Gasteiger partial charge in [0.2, 0.25) is 6.29 Å². The Labute approximate surface area is 210 Å². The summed E-state index contributed by atoms with van der Waals surface area (Å²) in [7, 11) is 1.15. The number of rotatable bonds is 4. The second kappa shape index (κ2) is 9.59. The summed E-state index contributed by atoms with van der Waals surface area (Å²) in [6.07, 6.45) is -1.57. The number of esters is 2. The minimum Gasteiger partial charge on any atom is -0.467 e. The molecule has 0 spiro atoms. The first-order valence-corrected chi connectivity index (χ1v) is 12.9. The molecule has 3 N–H and O–H groups in total. The first-order chi connectivity index (χ1) is 17.1. The number of hydrogen-bond donors (Lipinski definition) is 3. The Kier molecular flexibility index (Phi) is 6.78. The summed E-state index contributed by atoms with van der Waals surface area (Å²) in [5.74, 6) is 0.917. The Hall–Kier alpha value is -2.20. The normalized spacial score (nSPS) is 41.4. The Balaban J connectivity index is 1.32. The van der Waals surface area contributed by atoms with Crippen LogP contribution in [-0.4, -0.2) is 71.2 Å². The zero-order valence-corrected chi connectivity index (χ0v) is 21.0. The smallest absolute Gasteiger partial charge is 0.337 e. The topological polar surface area (TPSA) is 132 Å². The molecule has 0 radical (unpaired) electrons. The lowest BCUT2D eigenvalue weighted by Gasteiger charge is -2.50. The molecule has 1 heterocycles. The number of methoxy groups -OCH3 is 1. The fourth-order valence-corrected chi connectivity index (χ4v) is 7.37. The lowest BCUT2D eigenvalue weighted by Crippen LogP contribution is -2.61. The summed E-state index contributed by atoms with van der Waals surface area (Å²) in [6.45, 7) is 3.79. The molecular formula is C27H36O9. The SMILES string of the molecule is COC(=O)[C@H]1O[C@@H](Oc2ccc3c(c2)CC[C@@H]2[C@@H]3CC[C@]3(C)[C@@H](OC(C)=O)CC[C@@H]23)[C@H](O)[C@@H](O)[C@@H]1O.